The quantitative estimate of drug-likeness (QED) is 0.593. The zero-order valence-corrected chi connectivity index (χ0v) is 16.4. The average molecular weight is 388 g/mol. The molecule has 1 aliphatic heterocycles. The van der Waals surface area contributed by atoms with Crippen LogP contribution in [0.15, 0.2) is 81.9 Å². The van der Waals surface area contributed by atoms with Crippen LogP contribution < -0.4 is 0 Å². The molecule has 132 valence electrons. The first-order valence-electron chi connectivity index (χ1n) is 8.43. The molecule has 0 radical (unpaired) electrons. The van der Waals surface area contributed by atoms with Gasteiger partial charge in [0.25, 0.3) is 0 Å². The molecule has 5 heteroatoms. The number of nitrogens with zero attached hydrogens (tertiary/aromatic N) is 3. The van der Waals surface area contributed by atoms with E-state index in [-0.39, 0.29) is 5.57 Å². The van der Waals surface area contributed by atoms with Crippen molar-refractivity contribution in [1.82, 2.24) is 4.90 Å². The summed E-state index contributed by atoms with van der Waals surface area (Å²) in [4.78, 5) is 4.48. The summed E-state index contributed by atoms with van der Waals surface area (Å²) in [6, 6.07) is 12.1. The SMILES string of the molecule is CCN1C(/C=C/c2cccs2)=CC(=C(C#N)C#N)C=C1/C=C/c1cccs1. The van der Waals surface area contributed by atoms with E-state index in [2.05, 4.69) is 36.1 Å². The standard InChI is InChI=1S/C22H17N3S2/c1-2-25-19(7-9-21-5-3-11-26-21)13-17(18(15-23)16-24)14-20(25)8-10-22-6-4-12-27-22/h3-14H,2H2,1H3/b9-7+,10-8+. The van der Waals surface area contributed by atoms with E-state index in [4.69, 9.17) is 0 Å². The highest BCUT2D eigenvalue weighted by atomic mass is 32.1. The van der Waals surface area contributed by atoms with Crippen LogP contribution in [-0.4, -0.2) is 11.4 Å². The Morgan fingerprint density at radius 3 is 1.81 bits per heavy atom. The molecular weight excluding hydrogens is 370 g/mol. The smallest absolute Gasteiger partial charge is 0.137 e. The molecule has 0 saturated heterocycles. The number of thiophene rings is 2. The van der Waals surface area contributed by atoms with Crippen molar-refractivity contribution >= 4 is 34.8 Å². The molecule has 0 unspecified atom stereocenters. The normalized spacial score (nSPS) is 14.2. The van der Waals surface area contributed by atoms with Gasteiger partial charge in [0, 0.05) is 33.3 Å². The van der Waals surface area contributed by atoms with Crippen molar-refractivity contribution in [2.45, 2.75) is 6.92 Å². The maximum atomic E-state index is 9.30. The van der Waals surface area contributed by atoms with Gasteiger partial charge in [0.15, 0.2) is 0 Å². The fourth-order valence-electron chi connectivity index (χ4n) is 2.71. The lowest BCUT2D eigenvalue weighted by Crippen LogP contribution is -2.23. The monoisotopic (exact) mass is 387 g/mol. The molecule has 0 N–H and O–H groups in total. The zero-order valence-electron chi connectivity index (χ0n) is 14.8. The second-order valence-corrected chi connectivity index (χ2v) is 7.59. The number of hydrogen-bond acceptors (Lipinski definition) is 5. The highest BCUT2D eigenvalue weighted by molar-refractivity contribution is 7.11. The van der Waals surface area contributed by atoms with Gasteiger partial charge < -0.3 is 4.90 Å². The Hall–Kier alpha value is -3.12. The van der Waals surface area contributed by atoms with Gasteiger partial charge in [-0.1, -0.05) is 12.1 Å². The Morgan fingerprint density at radius 1 is 0.926 bits per heavy atom. The first-order valence-corrected chi connectivity index (χ1v) is 10.2. The van der Waals surface area contributed by atoms with Crippen molar-refractivity contribution in [2.75, 3.05) is 6.54 Å². The summed E-state index contributed by atoms with van der Waals surface area (Å²) in [6.45, 7) is 2.87. The molecular formula is C22H17N3S2. The van der Waals surface area contributed by atoms with Crippen LogP contribution in [0, 0.1) is 22.7 Å². The minimum absolute atomic E-state index is 0.120. The van der Waals surface area contributed by atoms with Crippen LogP contribution >= 0.6 is 22.7 Å². The summed E-state index contributed by atoms with van der Waals surface area (Å²) < 4.78 is 0. The van der Waals surface area contributed by atoms with Gasteiger partial charge >= 0.3 is 0 Å². The number of likely N-dealkylation sites (N-methyl/N-ethyl adjacent to an activating group) is 1. The van der Waals surface area contributed by atoms with Crippen molar-refractivity contribution in [3.8, 4) is 12.1 Å². The van der Waals surface area contributed by atoms with Crippen LogP contribution in [-0.2, 0) is 0 Å². The van der Waals surface area contributed by atoms with E-state index >= 15 is 0 Å². The largest absolute Gasteiger partial charge is 0.342 e. The predicted octanol–water partition coefficient (Wildman–Crippen LogP) is 5.98. The van der Waals surface area contributed by atoms with Gasteiger partial charge in [0.05, 0.1) is 0 Å². The average Bonchev–Trinajstić information content (AvgIpc) is 3.39. The lowest BCUT2D eigenvalue weighted by Gasteiger charge is -2.29. The molecule has 0 aliphatic carbocycles. The lowest BCUT2D eigenvalue weighted by molar-refractivity contribution is 0.474. The van der Waals surface area contributed by atoms with Gasteiger partial charge in [-0.25, -0.2) is 0 Å². The Bertz CT molecular complexity index is 938. The second kappa shape index (κ2) is 9.00. The predicted molar refractivity (Wildman–Crippen MR) is 114 cm³/mol. The van der Waals surface area contributed by atoms with Crippen LogP contribution in [0.3, 0.4) is 0 Å². The van der Waals surface area contributed by atoms with E-state index < -0.39 is 0 Å². The highest BCUT2D eigenvalue weighted by Gasteiger charge is 2.17. The Balaban J connectivity index is 2.02. The van der Waals surface area contributed by atoms with E-state index in [9.17, 15) is 10.5 Å². The van der Waals surface area contributed by atoms with Crippen LogP contribution in [0.5, 0.6) is 0 Å². The molecule has 3 rings (SSSR count). The lowest BCUT2D eigenvalue weighted by atomic mass is 10.0. The summed E-state index contributed by atoms with van der Waals surface area (Å²) in [5.74, 6) is 0. The van der Waals surface area contributed by atoms with Crippen molar-refractivity contribution in [3.63, 3.8) is 0 Å². The summed E-state index contributed by atoms with van der Waals surface area (Å²) in [5, 5.41) is 22.7. The first kappa shape index (κ1) is 18.7. The Labute approximate surface area is 167 Å². The summed E-state index contributed by atoms with van der Waals surface area (Å²) >= 11 is 3.34. The molecule has 0 fully saturated rings. The molecule has 0 spiro atoms. The number of allylic oxidation sites excluding steroid dienone is 6. The molecule has 0 aromatic carbocycles. The summed E-state index contributed by atoms with van der Waals surface area (Å²) in [7, 11) is 0. The van der Waals surface area contributed by atoms with Gasteiger partial charge in [-0.05, 0) is 66.3 Å². The van der Waals surface area contributed by atoms with Crippen molar-refractivity contribution < 1.29 is 0 Å². The van der Waals surface area contributed by atoms with E-state index in [0.717, 1.165) is 27.7 Å². The molecule has 3 nitrogen and oxygen atoms in total. The molecule has 0 amide bonds. The molecule has 0 bridgehead atoms. The van der Waals surface area contributed by atoms with Crippen molar-refractivity contribution in [1.29, 1.82) is 10.5 Å². The van der Waals surface area contributed by atoms with Gasteiger partial charge in [-0.15, -0.1) is 22.7 Å². The van der Waals surface area contributed by atoms with Gasteiger partial charge in [-0.2, -0.15) is 10.5 Å². The van der Waals surface area contributed by atoms with Gasteiger partial charge in [0.1, 0.15) is 17.7 Å². The minimum Gasteiger partial charge on any atom is -0.342 e. The Morgan fingerprint density at radius 2 is 1.44 bits per heavy atom. The molecule has 0 atom stereocenters. The Kier molecular flexibility index (Phi) is 6.22. The minimum atomic E-state index is 0.120. The van der Waals surface area contributed by atoms with Crippen molar-refractivity contribution in [3.05, 3.63) is 91.6 Å². The highest BCUT2D eigenvalue weighted by Crippen LogP contribution is 2.28. The number of nitriles is 2. The van der Waals surface area contributed by atoms with Crippen LogP contribution in [0.2, 0.25) is 0 Å². The van der Waals surface area contributed by atoms with Gasteiger partial charge in [0.2, 0.25) is 0 Å². The first-order chi connectivity index (χ1) is 13.2. The maximum absolute atomic E-state index is 9.30. The third kappa shape index (κ3) is 4.54. The van der Waals surface area contributed by atoms with E-state index in [1.165, 1.54) is 0 Å². The fourth-order valence-corrected chi connectivity index (χ4v) is 3.95. The zero-order chi connectivity index (χ0) is 19.1. The van der Waals surface area contributed by atoms with E-state index in [1.807, 2.05) is 59.3 Å². The fraction of sp³-hybridized carbons (Fsp3) is 0.0909. The summed E-state index contributed by atoms with van der Waals surface area (Å²) in [6.07, 6.45) is 12.0. The van der Waals surface area contributed by atoms with Crippen LogP contribution in [0.1, 0.15) is 16.7 Å². The molecule has 2 aromatic heterocycles. The second-order valence-electron chi connectivity index (χ2n) is 5.63. The molecule has 2 aromatic rings. The maximum Gasteiger partial charge on any atom is 0.137 e. The molecule has 3 heterocycles. The van der Waals surface area contributed by atoms with Crippen LogP contribution in [0.25, 0.3) is 12.2 Å². The molecule has 27 heavy (non-hydrogen) atoms. The van der Waals surface area contributed by atoms with Crippen molar-refractivity contribution in [2.24, 2.45) is 0 Å². The van der Waals surface area contributed by atoms with Gasteiger partial charge in [-0.3, -0.25) is 0 Å². The van der Waals surface area contributed by atoms with E-state index in [0.29, 0.717) is 5.57 Å². The third-order valence-electron chi connectivity index (χ3n) is 3.98. The topological polar surface area (TPSA) is 50.8 Å². The van der Waals surface area contributed by atoms with Crippen LogP contribution in [0.4, 0.5) is 0 Å². The molecule has 1 aliphatic rings. The molecule has 0 saturated carbocycles. The number of rotatable bonds is 5. The van der Waals surface area contributed by atoms with E-state index in [1.54, 1.807) is 22.7 Å². The number of hydrogen-bond donors (Lipinski definition) is 0. The third-order valence-corrected chi connectivity index (χ3v) is 5.66. The summed E-state index contributed by atoms with van der Waals surface area (Å²) in [5.41, 5.74) is 2.67.